The summed E-state index contributed by atoms with van der Waals surface area (Å²) in [5, 5.41) is 19.7. The first-order valence-electron chi connectivity index (χ1n) is 5.03. The van der Waals surface area contributed by atoms with Crippen LogP contribution in [0.2, 0.25) is 0 Å². The highest BCUT2D eigenvalue weighted by Gasteiger charge is 2.16. The minimum Gasteiger partial charge on any atom is -0.495 e. The summed E-state index contributed by atoms with van der Waals surface area (Å²) in [5.41, 5.74) is -0.0624. The van der Waals surface area contributed by atoms with E-state index in [9.17, 15) is 14.9 Å². The zero-order valence-corrected chi connectivity index (χ0v) is 9.69. The number of amides is 1. The van der Waals surface area contributed by atoms with Gasteiger partial charge in [0.25, 0.3) is 11.6 Å². The molecule has 0 radical (unpaired) electrons. The monoisotopic (exact) mass is 264 g/mol. The molecule has 19 heavy (non-hydrogen) atoms. The van der Waals surface area contributed by atoms with Gasteiger partial charge in [-0.3, -0.25) is 14.9 Å². The van der Waals surface area contributed by atoms with Crippen LogP contribution in [0, 0.1) is 10.1 Å². The van der Waals surface area contributed by atoms with Gasteiger partial charge in [0.1, 0.15) is 11.9 Å². The van der Waals surface area contributed by atoms with Gasteiger partial charge in [0.05, 0.1) is 17.7 Å². The number of hydrogen-bond donors (Lipinski definition) is 1. The molecule has 9 heteroatoms. The SMILES string of the molecule is COc1ccc([N+](=O)[O-])cc1NC(=O)c1cnon1. The van der Waals surface area contributed by atoms with Gasteiger partial charge in [-0.15, -0.1) is 0 Å². The maximum atomic E-state index is 11.7. The maximum Gasteiger partial charge on any atom is 0.279 e. The van der Waals surface area contributed by atoms with Gasteiger partial charge in [-0.05, 0) is 11.2 Å². The van der Waals surface area contributed by atoms with Crippen molar-refractivity contribution in [1.82, 2.24) is 10.3 Å². The number of nitrogens with one attached hydrogen (secondary N) is 1. The molecule has 9 nitrogen and oxygen atoms in total. The van der Waals surface area contributed by atoms with Gasteiger partial charge in [0.2, 0.25) is 0 Å². The molecule has 0 spiro atoms. The molecule has 0 saturated carbocycles. The first kappa shape index (κ1) is 12.5. The fourth-order valence-electron chi connectivity index (χ4n) is 1.36. The molecular weight excluding hydrogens is 256 g/mol. The van der Waals surface area contributed by atoms with Crippen molar-refractivity contribution >= 4 is 17.3 Å². The summed E-state index contributed by atoms with van der Waals surface area (Å²) in [5.74, 6) is -0.324. The average Bonchev–Trinajstić information content (AvgIpc) is 2.92. The van der Waals surface area contributed by atoms with Crippen LogP contribution in [0.4, 0.5) is 11.4 Å². The van der Waals surface area contributed by atoms with E-state index in [-0.39, 0.29) is 22.8 Å². The Balaban J connectivity index is 2.30. The number of non-ortho nitro benzene ring substituents is 1. The average molecular weight is 264 g/mol. The van der Waals surface area contributed by atoms with Crippen LogP contribution in [0.5, 0.6) is 5.75 Å². The molecular formula is C10H8N4O5. The molecule has 1 heterocycles. The predicted molar refractivity (Wildman–Crippen MR) is 61.9 cm³/mol. The standard InChI is InChI=1S/C10H8N4O5/c1-18-9-3-2-6(14(16)17)4-7(9)12-10(15)8-5-11-19-13-8/h2-5H,1H3,(H,12,15). The van der Waals surface area contributed by atoms with Crippen LogP contribution >= 0.6 is 0 Å². The van der Waals surface area contributed by atoms with Gasteiger partial charge in [-0.1, -0.05) is 5.16 Å². The second-order valence-electron chi connectivity index (χ2n) is 3.39. The molecule has 1 N–H and O–H groups in total. The van der Waals surface area contributed by atoms with Gasteiger partial charge in [-0.25, -0.2) is 4.63 Å². The number of methoxy groups -OCH3 is 1. The quantitative estimate of drug-likeness (QED) is 0.651. The number of nitro groups is 1. The van der Waals surface area contributed by atoms with Gasteiger partial charge >= 0.3 is 0 Å². The van der Waals surface area contributed by atoms with Crippen molar-refractivity contribution in [2.24, 2.45) is 0 Å². The molecule has 1 aromatic carbocycles. The fourth-order valence-corrected chi connectivity index (χ4v) is 1.36. The van der Waals surface area contributed by atoms with E-state index in [0.717, 1.165) is 6.20 Å². The van der Waals surface area contributed by atoms with Crippen LogP contribution in [0.1, 0.15) is 10.5 Å². The lowest BCUT2D eigenvalue weighted by Crippen LogP contribution is -2.13. The number of nitro benzene ring substituents is 1. The lowest BCUT2D eigenvalue weighted by molar-refractivity contribution is -0.384. The number of anilines is 1. The van der Waals surface area contributed by atoms with E-state index in [1.165, 1.54) is 25.3 Å². The zero-order chi connectivity index (χ0) is 13.8. The number of aromatic nitrogens is 2. The first-order valence-corrected chi connectivity index (χ1v) is 5.03. The predicted octanol–water partition coefficient (Wildman–Crippen LogP) is 1.24. The Bertz CT molecular complexity index is 610. The molecule has 98 valence electrons. The van der Waals surface area contributed by atoms with E-state index in [2.05, 4.69) is 20.3 Å². The lowest BCUT2D eigenvalue weighted by Gasteiger charge is -2.08. The van der Waals surface area contributed by atoms with E-state index in [1.807, 2.05) is 0 Å². The van der Waals surface area contributed by atoms with Gasteiger partial charge in [0, 0.05) is 12.1 Å². The van der Waals surface area contributed by atoms with Crippen molar-refractivity contribution in [1.29, 1.82) is 0 Å². The van der Waals surface area contributed by atoms with Crippen LogP contribution in [-0.4, -0.2) is 28.3 Å². The van der Waals surface area contributed by atoms with Crippen molar-refractivity contribution in [3.8, 4) is 5.75 Å². The third-order valence-corrected chi connectivity index (χ3v) is 2.24. The van der Waals surface area contributed by atoms with Crippen molar-refractivity contribution in [3.63, 3.8) is 0 Å². The Morgan fingerprint density at radius 3 is 2.89 bits per heavy atom. The molecule has 0 bridgehead atoms. The first-order chi connectivity index (χ1) is 9.11. The van der Waals surface area contributed by atoms with Crippen LogP contribution in [0.3, 0.4) is 0 Å². The molecule has 0 aliphatic rings. The van der Waals surface area contributed by atoms with Gasteiger partial charge in [-0.2, -0.15) is 0 Å². The van der Waals surface area contributed by atoms with Gasteiger partial charge < -0.3 is 10.1 Å². The molecule has 0 saturated heterocycles. The summed E-state index contributed by atoms with van der Waals surface area (Å²) in [7, 11) is 1.38. The molecule has 0 unspecified atom stereocenters. The van der Waals surface area contributed by atoms with Crippen LogP contribution in [0.25, 0.3) is 0 Å². The van der Waals surface area contributed by atoms with E-state index in [4.69, 9.17) is 4.74 Å². The van der Waals surface area contributed by atoms with Crippen LogP contribution < -0.4 is 10.1 Å². The fraction of sp³-hybridized carbons (Fsp3) is 0.100. The summed E-state index contributed by atoms with van der Waals surface area (Å²) in [6.45, 7) is 0. The summed E-state index contributed by atoms with van der Waals surface area (Å²) >= 11 is 0. The Labute approximate surface area is 106 Å². The van der Waals surface area contributed by atoms with Crippen molar-refractivity contribution in [3.05, 3.63) is 40.2 Å². The van der Waals surface area contributed by atoms with Crippen molar-refractivity contribution in [2.75, 3.05) is 12.4 Å². The molecule has 1 amide bonds. The van der Waals surface area contributed by atoms with Crippen LogP contribution in [-0.2, 0) is 0 Å². The second kappa shape index (κ2) is 5.12. The Morgan fingerprint density at radius 2 is 2.32 bits per heavy atom. The van der Waals surface area contributed by atoms with Crippen molar-refractivity contribution < 1.29 is 19.1 Å². The summed E-state index contributed by atoms with van der Waals surface area (Å²) < 4.78 is 9.29. The molecule has 0 fully saturated rings. The molecule has 2 aromatic rings. The molecule has 2 rings (SSSR count). The Kier molecular flexibility index (Phi) is 3.37. The van der Waals surface area contributed by atoms with Crippen LogP contribution in [0.15, 0.2) is 29.0 Å². The van der Waals surface area contributed by atoms with E-state index in [0.29, 0.717) is 0 Å². The van der Waals surface area contributed by atoms with E-state index >= 15 is 0 Å². The Hall–Kier alpha value is -2.97. The maximum absolute atomic E-state index is 11.7. The normalized spacial score (nSPS) is 9.95. The topological polar surface area (TPSA) is 120 Å². The minimum absolute atomic E-state index is 0.0476. The molecule has 0 aliphatic carbocycles. The van der Waals surface area contributed by atoms with E-state index in [1.54, 1.807) is 0 Å². The summed E-state index contributed by atoms with van der Waals surface area (Å²) in [6.07, 6.45) is 1.12. The lowest BCUT2D eigenvalue weighted by atomic mass is 10.2. The smallest absolute Gasteiger partial charge is 0.279 e. The number of benzene rings is 1. The molecule has 1 aromatic heterocycles. The summed E-state index contributed by atoms with van der Waals surface area (Å²) in [4.78, 5) is 21.8. The number of carbonyl (C=O) groups is 1. The minimum atomic E-state index is -0.611. The van der Waals surface area contributed by atoms with Gasteiger partial charge in [0.15, 0.2) is 5.69 Å². The number of carbonyl (C=O) groups excluding carboxylic acids is 1. The highest BCUT2D eigenvalue weighted by Crippen LogP contribution is 2.29. The third kappa shape index (κ3) is 2.65. The second-order valence-corrected chi connectivity index (χ2v) is 3.39. The molecule has 0 aliphatic heterocycles. The third-order valence-electron chi connectivity index (χ3n) is 2.24. The number of rotatable bonds is 4. The van der Waals surface area contributed by atoms with E-state index < -0.39 is 10.8 Å². The number of ether oxygens (including phenoxy) is 1. The number of nitrogens with zero attached hydrogens (tertiary/aromatic N) is 3. The highest BCUT2D eigenvalue weighted by molar-refractivity contribution is 6.03. The highest BCUT2D eigenvalue weighted by atomic mass is 16.6. The Morgan fingerprint density at radius 1 is 1.53 bits per heavy atom. The largest absolute Gasteiger partial charge is 0.495 e. The van der Waals surface area contributed by atoms with Crippen molar-refractivity contribution in [2.45, 2.75) is 0 Å². The summed E-state index contributed by atoms with van der Waals surface area (Å²) in [6, 6.07) is 3.84. The zero-order valence-electron chi connectivity index (χ0n) is 9.69. The number of hydrogen-bond acceptors (Lipinski definition) is 7. The molecule has 0 atom stereocenters.